The Bertz CT molecular complexity index is 431. The van der Waals surface area contributed by atoms with Crippen LogP contribution in [-0.4, -0.2) is 5.91 Å². The van der Waals surface area contributed by atoms with Crippen LogP contribution in [0.2, 0.25) is 0 Å². The Morgan fingerprint density at radius 1 is 1.33 bits per heavy atom. The van der Waals surface area contributed by atoms with E-state index in [1.165, 1.54) is 0 Å². The van der Waals surface area contributed by atoms with Crippen LogP contribution in [-0.2, 0) is 0 Å². The van der Waals surface area contributed by atoms with Crippen LogP contribution in [0.4, 0.5) is 0 Å². The molecule has 0 fully saturated rings. The Balaban J connectivity index is 2.68. The summed E-state index contributed by atoms with van der Waals surface area (Å²) in [5.74, 6) is -0.418. The molecule has 0 saturated carbocycles. The number of hydrogen-bond acceptors (Lipinski definition) is 2. The molecule has 0 bridgehead atoms. The van der Waals surface area contributed by atoms with Gasteiger partial charge in [0.25, 0.3) is 0 Å². The third-order valence-electron chi connectivity index (χ3n) is 1.74. The lowest BCUT2D eigenvalue weighted by molar-refractivity contribution is 0.100. The molecule has 2 N–H and O–H groups in total. The Morgan fingerprint density at radius 2 is 2.17 bits per heavy atom. The highest BCUT2D eigenvalue weighted by atomic mass is 16.3. The number of carbonyl (C=O) groups is 1. The average Bonchev–Trinajstić information content (AvgIpc) is 2.49. The molecule has 60 valence electrons. The Labute approximate surface area is 68.8 Å². The third-order valence-corrected chi connectivity index (χ3v) is 1.74. The van der Waals surface area contributed by atoms with Crippen LogP contribution < -0.4 is 5.73 Å². The zero-order valence-electron chi connectivity index (χ0n) is 6.28. The maximum atomic E-state index is 10.8. The molecule has 2 rings (SSSR count). The van der Waals surface area contributed by atoms with Gasteiger partial charge < -0.3 is 10.2 Å². The molecule has 0 aliphatic rings. The van der Waals surface area contributed by atoms with E-state index in [1.54, 1.807) is 30.5 Å². The van der Waals surface area contributed by atoms with E-state index in [0.29, 0.717) is 5.56 Å². The van der Waals surface area contributed by atoms with Crippen LogP contribution in [0.3, 0.4) is 0 Å². The summed E-state index contributed by atoms with van der Waals surface area (Å²) in [5, 5.41) is 0.895. The van der Waals surface area contributed by atoms with Crippen LogP contribution >= 0.6 is 0 Å². The third kappa shape index (κ3) is 0.955. The lowest BCUT2D eigenvalue weighted by Gasteiger charge is -1.93. The van der Waals surface area contributed by atoms with Crippen molar-refractivity contribution in [3.8, 4) is 0 Å². The normalized spacial score (nSPS) is 10.3. The van der Waals surface area contributed by atoms with Gasteiger partial charge in [0.1, 0.15) is 5.58 Å². The molecular formula is C9H7NO2. The van der Waals surface area contributed by atoms with Crippen molar-refractivity contribution in [2.45, 2.75) is 0 Å². The number of nitrogens with two attached hydrogens (primary N) is 1. The molecule has 0 saturated heterocycles. The summed E-state index contributed by atoms with van der Waals surface area (Å²) in [6.07, 6.45) is 1.58. The standard InChI is InChI=1S/C9H7NO2/c10-9(11)7-1-2-8-6(5-7)3-4-12-8/h1-5H,(H2,10,11). The summed E-state index contributed by atoms with van der Waals surface area (Å²) in [6.45, 7) is 0. The molecule has 1 amide bonds. The smallest absolute Gasteiger partial charge is 0.248 e. The van der Waals surface area contributed by atoms with E-state index in [0.717, 1.165) is 11.0 Å². The van der Waals surface area contributed by atoms with Gasteiger partial charge in [-0.25, -0.2) is 0 Å². The van der Waals surface area contributed by atoms with Gasteiger partial charge in [-0.2, -0.15) is 0 Å². The van der Waals surface area contributed by atoms with E-state index in [9.17, 15) is 4.79 Å². The Morgan fingerprint density at radius 3 is 2.92 bits per heavy atom. The molecule has 12 heavy (non-hydrogen) atoms. The highest BCUT2D eigenvalue weighted by molar-refractivity contribution is 5.96. The fraction of sp³-hybridized carbons (Fsp3) is 0. The van der Waals surface area contributed by atoms with Crippen LogP contribution in [0.5, 0.6) is 0 Å². The number of rotatable bonds is 1. The number of carbonyl (C=O) groups excluding carboxylic acids is 1. The first-order valence-electron chi connectivity index (χ1n) is 3.54. The average molecular weight is 161 g/mol. The Hall–Kier alpha value is -1.77. The van der Waals surface area contributed by atoms with Gasteiger partial charge in [0.2, 0.25) is 5.91 Å². The Kier molecular flexibility index (Phi) is 1.37. The van der Waals surface area contributed by atoms with Crippen molar-refractivity contribution in [1.29, 1.82) is 0 Å². The summed E-state index contributed by atoms with van der Waals surface area (Å²) < 4.78 is 5.10. The number of fused-ring (bicyclic) bond motifs is 1. The molecule has 0 aliphatic heterocycles. The van der Waals surface area contributed by atoms with E-state index >= 15 is 0 Å². The minimum atomic E-state index is -0.418. The minimum absolute atomic E-state index is 0.418. The van der Waals surface area contributed by atoms with Crippen molar-refractivity contribution in [1.82, 2.24) is 0 Å². The summed E-state index contributed by atoms with van der Waals surface area (Å²) in [6, 6.07) is 6.88. The van der Waals surface area contributed by atoms with E-state index in [4.69, 9.17) is 10.2 Å². The van der Waals surface area contributed by atoms with Crippen molar-refractivity contribution in [3.05, 3.63) is 36.1 Å². The molecule has 0 unspecified atom stereocenters. The molecule has 0 radical (unpaired) electrons. The second-order valence-corrected chi connectivity index (χ2v) is 2.54. The number of furan rings is 1. The van der Waals surface area contributed by atoms with Crippen LogP contribution in [0, 0.1) is 0 Å². The van der Waals surface area contributed by atoms with Gasteiger partial charge in [0.05, 0.1) is 6.26 Å². The zero-order chi connectivity index (χ0) is 8.55. The van der Waals surface area contributed by atoms with E-state index in [-0.39, 0.29) is 0 Å². The molecule has 1 aromatic heterocycles. The van der Waals surface area contributed by atoms with Crippen LogP contribution in [0.25, 0.3) is 11.0 Å². The number of primary amides is 1. The SMILES string of the molecule is NC(=O)c1ccc2occc2c1. The molecule has 0 spiro atoms. The van der Waals surface area contributed by atoms with Crippen molar-refractivity contribution >= 4 is 16.9 Å². The highest BCUT2D eigenvalue weighted by Crippen LogP contribution is 2.16. The van der Waals surface area contributed by atoms with E-state index in [2.05, 4.69) is 0 Å². The maximum absolute atomic E-state index is 10.8. The van der Waals surface area contributed by atoms with Crippen molar-refractivity contribution in [3.63, 3.8) is 0 Å². The lowest BCUT2D eigenvalue weighted by atomic mass is 10.1. The molecule has 1 aromatic carbocycles. The monoisotopic (exact) mass is 161 g/mol. The predicted molar refractivity (Wildman–Crippen MR) is 44.7 cm³/mol. The predicted octanol–water partition coefficient (Wildman–Crippen LogP) is 1.53. The molecule has 0 aliphatic carbocycles. The quantitative estimate of drug-likeness (QED) is 0.689. The molecule has 0 atom stereocenters. The van der Waals surface area contributed by atoms with Gasteiger partial charge in [0.15, 0.2) is 0 Å². The summed E-state index contributed by atoms with van der Waals surface area (Å²) in [4.78, 5) is 10.8. The van der Waals surface area contributed by atoms with Crippen molar-refractivity contribution in [2.24, 2.45) is 5.73 Å². The second kappa shape index (κ2) is 2.37. The first-order valence-corrected chi connectivity index (χ1v) is 3.54. The molecule has 2 aromatic rings. The minimum Gasteiger partial charge on any atom is -0.464 e. The van der Waals surface area contributed by atoms with Gasteiger partial charge in [-0.05, 0) is 24.3 Å². The number of benzene rings is 1. The zero-order valence-corrected chi connectivity index (χ0v) is 6.28. The summed E-state index contributed by atoms with van der Waals surface area (Å²) in [7, 11) is 0. The van der Waals surface area contributed by atoms with Gasteiger partial charge in [-0.15, -0.1) is 0 Å². The highest BCUT2D eigenvalue weighted by Gasteiger charge is 2.02. The van der Waals surface area contributed by atoms with Crippen LogP contribution in [0.1, 0.15) is 10.4 Å². The largest absolute Gasteiger partial charge is 0.464 e. The van der Waals surface area contributed by atoms with Crippen LogP contribution in [0.15, 0.2) is 34.9 Å². The number of amides is 1. The molecule has 3 heteroatoms. The fourth-order valence-electron chi connectivity index (χ4n) is 1.12. The van der Waals surface area contributed by atoms with Gasteiger partial charge in [-0.3, -0.25) is 4.79 Å². The van der Waals surface area contributed by atoms with E-state index in [1.807, 2.05) is 0 Å². The summed E-state index contributed by atoms with van der Waals surface area (Å²) in [5.41, 5.74) is 6.37. The topological polar surface area (TPSA) is 56.2 Å². The first-order chi connectivity index (χ1) is 5.77. The molecule has 3 nitrogen and oxygen atoms in total. The van der Waals surface area contributed by atoms with Crippen molar-refractivity contribution in [2.75, 3.05) is 0 Å². The van der Waals surface area contributed by atoms with Gasteiger partial charge in [-0.1, -0.05) is 0 Å². The van der Waals surface area contributed by atoms with Gasteiger partial charge in [0, 0.05) is 10.9 Å². The van der Waals surface area contributed by atoms with Gasteiger partial charge >= 0.3 is 0 Å². The fourth-order valence-corrected chi connectivity index (χ4v) is 1.12. The first kappa shape index (κ1) is 6.91. The van der Waals surface area contributed by atoms with Crippen molar-refractivity contribution < 1.29 is 9.21 Å². The maximum Gasteiger partial charge on any atom is 0.248 e. The summed E-state index contributed by atoms with van der Waals surface area (Å²) >= 11 is 0. The lowest BCUT2D eigenvalue weighted by Crippen LogP contribution is -2.10. The molecule has 1 heterocycles. The second-order valence-electron chi connectivity index (χ2n) is 2.54. The number of hydrogen-bond donors (Lipinski definition) is 1. The van der Waals surface area contributed by atoms with E-state index < -0.39 is 5.91 Å². The molecular weight excluding hydrogens is 154 g/mol.